The monoisotopic (exact) mass is 668 g/mol. The van der Waals surface area contributed by atoms with Crippen LogP contribution >= 0.6 is 11.3 Å². The molecule has 2 heterocycles. The summed E-state index contributed by atoms with van der Waals surface area (Å²) in [7, 11) is 0. The van der Waals surface area contributed by atoms with E-state index in [-0.39, 0.29) is 0 Å². The fraction of sp³-hybridized carbons (Fsp3) is 0. The molecule has 0 spiro atoms. The third-order valence-corrected chi connectivity index (χ3v) is 11.1. The number of benzene rings is 8. The van der Waals surface area contributed by atoms with Gasteiger partial charge in [0.05, 0.1) is 11.0 Å². The standard InChI is InChI=1S/C48H32N2S/c1-2-11-33(12-3-1)34-21-26-37(27-22-34)49(38-28-23-35(24-29-38)36-25-30-44-43-17-6-9-20-47(43)51-48(44)31-36)39-13-10-14-40(32-39)50-45-18-7-4-15-41(45)42-16-5-8-19-46(42)50/h1-32H. The molecule has 2 nitrogen and oxygen atoms in total. The fourth-order valence-corrected chi connectivity index (χ4v) is 8.71. The molecule has 0 saturated heterocycles. The van der Waals surface area contributed by atoms with Crippen molar-refractivity contribution in [2.45, 2.75) is 0 Å². The van der Waals surface area contributed by atoms with Crippen LogP contribution in [-0.2, 0) is 0 Å². The molecule has 0 fully saturated rings. The predicted molar refractivity (Wildman–Crippen MR) is 219 cm³/mol. The maximum Gasteiger partial charge on any atom is 0.0541 e. The Balaban J connectivity index is 1.09. The van der Waals surface area contributed by atoms with E-state index in [1.807, 2.05) is 11.3 Å². The zero-order valence-electron chi connectivity index (χ0n) is 27.8. The molecule has 8 aromatic carbocycles. The Morgan fingerprint density at radius 1 is 0.333 bits per heavy atom. The van der Waals surface area contributed by atoms with Crippen molar-refractivity contribution in [1.82, 2.24) is 4.57 Å². The topological polar surface area (TPSA) is 8.17 Å². The second kappa shape index (κ2) is 12.2. The molecule has 240 valence electrons. The first-order chi connectivity index (χ1) is 25.3. The second-order valence-corrected chi connectivity index (χ2v) is 14.1. The number of para-hydroxylation sites is 2. The highest BCUT2D eigenvalue weighted by atomic mass is 32.1. The van der Waals surface area contributed by atoms with E-state index < -0.39 is 0 Å². The lowest BCUT2D eigenvalue weighted by Gasteiger charge is -2.26. The third-order valence-electron chi connectivity index (χ3n) is 10.00. The van der Waals surface area contributed by atoms with Crippen LogP contribution in [0.4, 0.5) is 17.1 Å². The van der Waals surface area contributed by atoms with Gasteiger partial charge in [-0.1, -0.05) is 127 Å². The van der Waals surface area contributed by atoms with Crippen molar-refractivity contribution in [3.8, 4) is 27.9 Å². The molecular formula is C48H32N2S. The maximum absolute atomic E-state index is 2.39. The molecule has 51 heavy (non-hydrogen) atoms. The van der Waals surface area contributed by atoms with E-state index in [1.165, 1.54) is 64.2 Å². The molecule has 0 aliphatic heterocycles. The molecule has 10 rings (SSSR count). The summed E-state index contributed by atoms with van der Waals surface area (Å²) in [6.07, 6.45) is 0. The molecule has 0 N–H and O–H groups in total. The lowest BCUT2D eigenvalue weighted by molar-refractivity contribution is 1.17. The molecule has 3 heteroatoms. The normalized spacial score (nSPS) is 11.5. The van der Waals surface area contributed by atoms with Crippen molar-refractivity contribution in [3.63, 3.8) is 0 Å². The summed E-state index contributed by atoms with van der Waals surface area (Å²) < 4.78 is 5.04. The minimum Gasteiger partial charge on any atom is -0.310 e. The molecule has 0 saturated carbocycles. The molecule has 0 atom stereocenters. The maximum atomic E-state index is 2.39. The largest absolute Gasteiger partial charge is 0.310 e. The van der Waals surface area contributed by atoms with Crippen molar-refractivity contribution in [2.75, 3.05) is 4.90 Å². The van der Waals surface area contributed by atoms with Gasteiger partial charge in [0.25, 0.3) is 0 Å². The van der Waals surface area contributed by atoms with Crippen LogP contribution in [0.15, 0.2) is 194 Å². The summed E-state index contributed by atoms with van der Waals surface area (Å²) in [4.78, 5) is 2.37. The van der Waals surface area contributed by atoms with E-state index in [2.05, 4.69) is 204 Å². The Morgan fingerprint density at radius 3 is 1.55 bits per heavy atom. The first-order valence-electron chi connectivity index (χ1n) is 17.3. The number of hydrogen-bond donors (Lipinski definition) is 0. The zero-order chi connectivity index (χ0) is 33.7. The summed E-state index contributed by atoms with van der Waals surface area (Å²) in [6.45, 7) is 0. The van der Waals surface area contributed by atoms with Gasteiger partial charge in [0.1, 0.15) is 0 Å². The summed E-state index contributed by atoms with van der Waals surface area (Å²) in [5.74, 6) is 0. The SMILES string of the molecule is c1ccc(-c2ccc(N(c3ccc(-c4ccc5c(c4)sc4ccccc45)cc3)c3cccc(-n4c5ccccc5c5ccccc54)c3)cc2)cc1. The van der Waals surface area contributed by atoms with Crippen molar-refractivity contribution in [2.24, 2.45) is 0 Å². The summed E-state index contributed by atoms with van der Waals surface area (Å²) >= 11 is 1.86. The van der Waals surface area contributed by atoms with Gasteiger partial charge in [-0.25, -0.2) is 0 Å². The Kier molecular flexibility index (Phi) is 7.04. The lowest BCUT2D eigenvalue weighted by Crippen LogP contribution is -2.10. The number of hydrogen-bond acceptors (Lipinski definition) is 2. The van der Waals surface area contributed by atoms with E-state index >= 15 is 0 Å². The van der Waals surface area contributed by atoms with Gasteiger partial charge in [-0.15, -0.1) is 11.3 Å². The Labute approximate surface area is 300 Å². The Morgan fingerprint density at radius 2 is 0.863 bits per heavy atom. The molecule has 0 aliphatic carbocycles. The number of nitrogens with zero attached hydrogens (tertiary/aromatic N) is 2. The minimum atomic E-state index is 1.10. The van der Waals surface area contributed by atoms with Gasteiger partial charge in [-0.3, -0.25) is 0 Å². The molecule has 0 aliphatic rings. The highest BCUT2D eigenvalue weighted by Crippen LogP contribution is 2.40. The van der Waals surface area contributed by atoms with Gasteiger partial charge in [-0.05, 0) is 89.0 Å². The second-order valence-electron chi connectivity index (χ2n) is 13.0. The number of fused-ring (bicyclic) bond motifs is 6. The average Bonchev–Trinajstić information content (AvgIpc) is 3.74. The van der Waals surface area contributed by atoms with Gasteiger partial charge >= 0.3 is 0 Å². The number of anilines is 3. The van der Waals surface area contributed by atoms with Gasteiger partial charge in [0, 0.05) is 53.7 Å². The van der Waals surface area contributed by atoms with Gasteiger partial charge in [-0.2, -0.15) is 0 Å². The molecule has 0 amide bonds. The van der Waals surface area contributed by atoms with Crippen LogP contribution in [-0.4, -0.2) is 4.57 Å². The van der Waals surface area contributed by atoms with E-state index in [9.17, 15) is 0 Å². The molecule has 0 bridgehead atoms. The molecular weight excluding hydrogens is 637 g/mol. The van der Waals surface area contributed by atoms with Crippen LogP contribution in [0, 0.1) is 0 Å². The molecule has 2 aromatic heterocycles. The van der Waals surface area contributed by atoms with E-state index in [4.69, 9.17) is 0 Å². The van der Waals surface area contributed by atoms with Gasteiger partial charge in [0.2, 0.25) is 0 Å². The third kappa shape index (κ3) is 5.10. The quantitative estimate of drug-likeness (QED) is 0.171. The molecule has 0 radical (unpaired) electrons. The zero-order valence-corrected chi connectivity index (χ0v) is 28.6. The highest BCUT2D eigenvalue weighted by Gasteiger charge is 2.17. The van der Waals surface area contributed by atoms with Gasteiger partial charge in [0.15, 0.2) is 0 Å². The van der Waals surface area contributed by atoms with Crippen LogP contribution in [0.2, 0.25) is 0 Å². The summed E-state index contributed by atoms with van der Waals surface area (Å²) in [6, 6.07) is 70.4. The van der Waals surface area contributed by atoms with E-state index in [0.29, 0.717) is 0 Å². The van der Waals surface area contributed by atoms with Crippen LogP contribution in [0.3, 0.4) is 0 Å². The Bertz CT molecular complexity index is 2790. The lowest BCUT2D eigenvalue weighted by atomic mass is 10.0. The fourth-order valence-electron chi connectivity index (χ4n) is 7.56. The van der Waals surface area contributed by atoms with Crippen LogP contribution < -0.4 is 4.90 Å². The molecule has 0 unspecified atom stereocenters. The predicted octanol–water partition coefficient (Wildman–Crippen LogP) is 14.0. The van der Waals surface area contributed by atoms with E-state index in [0.717, 1.165) is 22.7 Å². The first-order valence-corrected chi connectivity index (χ1v) is 18.2. The average molecular weight is 669 g/mol. The van der Waals surface area contributed by atoms with Gasteiger partial charge < -0.3 is 9.47 Å². The number of rotatable bonds is 6. The minimum absolute atomic E-state index is 1.10. The highest BCUT2D eigenvalue weighted by molar-refractivity contribution is 7.25. The number of thiophene rings is 1. The smallest absolute Gasteiger partial charge is 0.0541 e. The van der Waals surface area contributed by atoms with Crippen LogP contribution in [0.25, 0.3) is 69.9 Å². The molecule has 10 aromatic rings. The summed E-state index contributed by atoms with van der Waals surface area (Å²) in [5, 5.41) is 5.17. The Hall–Kier alpha value is -6.42. The van der Waals surface area contributed by atoms with Crippen molar-refractivity contribution in [3.05, 3.63) is 194 Å². The van der Waals surface area contributed by atoms with Crippen LogP contribution in [0.1, 0.15) is 0 Å². The van der Waals surface area contributed by atoms with Crippen molar-refractivity contribution < 1.29 is 0 Å². The van der Waals surface area contributed by atoms with Crippen molar-refractivity contribution in [1.29, 1.82) is 0 Å². The van der Waals surface area contributed by atoms with Crippen LogP contribution in [0.5, 0.6) is 0 Å². The number of aromatic nitrogens is 1. The summed E-state index contributed by atoms with van der Waals surface area (Å²) in [5.41, 5.74) is 11.7. The van der Waals surface area contributed by atoms with Crippen molar-refractivity contribution >= 4 is 70.4 Å². The first kappa shape index (κ1) is 29.5. The van der Waals surface area contributed by atoms with E-state index in [1.54, 1.807) is 0 Å².